The predicted octanol–water partition coefficient (Wildman–Crippen LogP) is 8.57. The molecule has 4 aromatic carbocycles. The lowest BCUT2D eigenvalue weighted by Crippen LogP contribution is -2.29. The van der Waals surface area contributed by atoms with Crippen molar-refractivity contribution in [3.8, 4) is 34.0 Å². The van der Waals surface area contributed by atoms with Gasteiger partial charge in [-0.05, 0) is 70.7 Å². The first kappa shape index (κ1) is 57.2. The fourth-order valence-electron chi connectivity index (χ4n) is 8.47. The molecule has 0 unspecified atom stereocenters. The second kappa shape index (κ2) is 26.5. The van der Waals surface area contributed by atoms with Crippen molar-refractivity contribution in [2.45, 2.75) is 26.3 Å². The lowest BCUT2D eigenvalue weighted by atomic mass is 10.1. The molecule has 23 heteroatoms. The van der Waals surface area contributed by atoms with Crippen LogP contribution in [0.25, 0.3) is 44.3 Å². The van der Waals surface area contributed by atoms with E-state index in [0.717, 1.165) is 45.6 Å². The van der Waals surface area contributed by atoms with Crippen molar-refractivity contribution in [2.24, 2.45) is 0 Å². The molecule has 0 radical (unpaired) electrons. The Balaban J connectivity index is 0.000000227. The maximum Gasteiger partial charge on any atom is 0.387 e. The number of hydrogen-bond acceptors (Lipinski definition) is 16. The Morgan fingerprint density at radius 3 is 1.55 bits per heavy atom. The highest BCUT2D eigenvalue weighted by Crippen LogP contribution is 2.41. The van der Waals surface area contributed by atoms with Gasteiger partial charge in [-0.1, -0.05) is 43.0 Å². The van der Waals surface area contributed by atoms with E-state index in [1.54, 1.807) is 37.6 Å². The van der Waals surface area contributed by atoms with E-state index in [9.17, 15) is 32.6 Å². The van der Waals surface area contributed by atoms with Crippen molar-refractivity contribution in [3.05, 3.63) is 122 Å². The molecule has 4 heterocycles. The van der Waals surface area contributed by atoms with Crippen molar-refractivity contribution < 1.29 is 42.0 Å². The van der Waals surface area contributed by atoms with E-state index in [4.69, 9.17) is 15.2 Å². The summed E-state index contributed by atoms with van der Waals surface area (Å²) in [5.41, 5.74) is 13.3. The van der Waals surface area contributed by atoms with Crippen LogP contribution in [0, 0.1) is 0 Å². The summed E-state index contributed by atoms with van der Waals surface area (Å²) >= 11 is 0. The molecule has 19 nitrogen and oxygen atoms in total. The molecule has 4 aromatic heterocycles. The third-order valence-electron chi connectivity index (χ3n) is 12.3. The number of halogens is 4. The quantitative estimate of drug-likeness (QED) is 0.0190. The molecule has 1 amide bonds. The summed E-state index contributed by atoms with van der Waals surface area (Å²) in [6.45, 7) is 0.886. The number of rotatable bonds is 24. The minimum absolute atomic E-state index is 0.00333. The second-order valence-corrected chi connectivity index (χ2v) is 18.4. The molecule has 8 aromatic rings. The van der Waals surface area contributed by atoms with Gasteiger partial charge in [-0.3, -0.25) is 4.79 Å². The molecule has 8 rings (SSSR count). The van der Waals surface area contributed by atoms with Gasteiger partial charge in [0.2, 0.25) is 17.8 Å². The zero-order valence-corrected chi connectivity index (χ0v) is 44.2. The van der Waals surface area contributed by atoms with Crippen molar-refractivity contribution in [2.75, 3.05) is 113 Å². The monoisotopic (exact) mass is 1080 g/mol. The minimum Gasteiger partial charge on any atom is -0.433 e. The summed E-state index contributed by atoms with van der Waals surface area (Å²) in [5, 5.41) is 29.6. The summed E-state index contributed by atoms with van der Waals surface area (Å²) in [6.07, 6.45) is 8.10. The highest BCUT2D eigenvalue weighted by atomic mass is 19.3. The number of ether oxygens (including phenoxy) is 2. The zero-order valence-electron chi connectivity index (χ0n) is 44.2. The van der Waals surface area contributed by atoms with Crippen LogP contribution in [0.2, 0.25) is 0 Å². The normalized spacial score (nSPS) is 11.3. The number of hydrogen-bond donors (Lipinski definition) is 6. The van der Waals surface area contributed by atoms with Gasteiger partial charge in [-0.15, -0.1) is 0 Å². The van der Waals surface area contributed by atoms with Gasteiger partial charge >= 0.3 is 13.2 Å². The van der Waals surface area contributed by atoms with Gasteiger partial charge in [0.25, 0.3) is 0 Å². The maximum absolute atomic E-state index is 13.5. The van der Waals surface area contributed by atoms with Gasteiger partial charge in [0.15, 0.2) is 11.5 Å². The summed E-state index contributed by atoms with van der Waals surface area (Å²) < 4.78 is 67.1. The van der Waals surface area contributed by atoms with E-state index in [0.29, 0.717) is 66.9 Å². The molecule has 0 bridgehead atoms. The number of nitrogens with zero attached hydrogens (tertiary/aromatic N) is 10. The van der Waals surface area contributed by atoms with Crippen molar-refractivity contribution in [1.82, 2.24) is 38.9 Å². The Labute approximate surface area is 449 Å². The molecular formula is C55H64F4N14O5. The van der Waals surface area contributed by atoms with E-state index < -0.39 is 19.1 Å². The van der Waals surface area contributed by atoms with Crippen LogP contribution in [0.5, 0.6) is 11.5 Å². The van der Waals surface area contributed by atoms with Crippen LogP contribution >= 0.6 is 0 Å². The van der Waals surface area contributed by atoms with Crippen LogP contribution in [0.3, 0.4) is 0 Å². The summed E-state index contributed by atoms with van der Waals surface area (Å²) in [6, 6.07) is 25.1. The lowest BCUT2D eigenvalue weighted by molar-refractivity contribution is -0.111. The smallest absolute Gasteiger partial charge is 0.387 e. The highest BCUT2D eigenvalue weighted by molar-refractivity contribution is 6.02. The number of alkyl halides is 4. The molecule has 0 aliphatic rings. The van der Waals surface area contributed by atoms with E-state index in [-0.39, 0.29) is 48.0 Å². The van der Waals surface area contributed by atoms with E-state index in [1.165, 1.54) is 18.2 Å². The largest absolute Gasteiger partial charge is 0.433 e. The van der Waals surface area contributed by atoms with Crippen molar-refractivity contribution in [1.29, 1.82) is 0 Å². The molecule has 78 heavy (non-hydrogen) atoms. The fourth-order valence-corrected chi connectivity index (χ4v) is 8.47. The van der Waals surface area contributed by atoms with Crippen LogP contribution in [0.1, 0.15) is 0 Å². The van der Waals surface area contributed by atoms with Gasteiger partial charge in [-0.25, -0.2) is 19.9 Å². The summed E-state index contributed by atoms with van der Waals surface area (Å²) in [4.78, 5) is 37.8. The average molecular weight is 1080 g/mol. The molecule has 0 atom stereocenters. The maximum atomic E-state index is 13.5. The average Bonchev–Trinajstić information content (AvgIpc) is 3.99. The number of nitrogen functional groups attached to an aromatic ring is 1. The number of carbonyl (C=O) groups is 1. The standard InChI is InChI=1S/C29H33F2N7O3.C26H31F2N7O2/c1-5-27(40)33-22-16-23(26(41-28(30)31)17-25(22)37(4)13-12-36(2)3)35-29-32-11-10-21(34-29)20-18-38(14-15-39)24-9-7-6-8-19(20)24;1-33(2)10-11-34(3)23-15-24(37-25(27)28)21(14-19(23)29)32-26-30-9-8-20(31-26)18-16-35(12-13-36)22-7-5-4-6-17(18)22/h5-11,16-18,28,39H,1,12-15H2,2-4H3,(H,33,40)(H,32,34,35);4-9,14-16,25,36H,10-13,29H2,1-3H3,(H,30,31,32). The molecule has 0 spiro atoms. The number of aliphatic hydroxyl groups excluding tert-OH is 2. The molecule has 0 saturated heterocycles. The van der Waals surface area contributed by atoms with Gasteiger partial charge < -0.3 is 70.1 Å². The summed E-state index contributed by atoms with van der Waals surface area (Å²) in [7, 11) is 11.4. The number of aliphatic hydroxyl groups is 2. The second-order valence-electron chi connectivity index (χ2n) is 18.4. The fraction of sp³-hybridized carbons (Fsp3) is 0.291. The van der Waals surface area contributed by atoms with E-state index in [2.05, 4.69) is 42.5 Å². The van der Waals surface area contributed by atoms with Crippen LogP contribution in [0.4, 0.5) is 63.6 Å². The third kappa shape index (κ3) is 14.5. The number of carbonyl (C=O) groups excluding carboxylic acids is 1. The zero-order chi connectivity index (χ0) is 56.0. The Hall–Kier alpha value is -8.51. The number of fused-ring (bicyclic) bond motifs is 2. The predicted molar refractivity (Wildman–Crippen MR) is 300 cm³/mol. The number of aromatic nitrogens is 6. The molecule has 7 N–H and O–H groups in total. The first-order valence-corrected chi connectivity index (χ1v) is 24.7. The van der Waals surface area contributed by atoms with Crippen LogP contribution in [0.15, 0.2) is 122 Å². The topological polar surface area (TPSA) is 212 Å². The van der Waals surface area contributed by atoms with Crippen LogP contribution in [-0.4, -0.2) is 150 Å². The molecule has 0 fully saturated rings. The lowest BCUT2D eigenvalue weighted by Gasteiger charge is -2.26. The van der Waals surface area contributed by atoms with Gasteiger partial charge in [-0.2, -0.15) is 17.6 Å². The first-order chi connectivity index (χ1) is 37.5. The Bertz CT molecular complexity index is 3320. The number of amides is 1. The van der Waals surface area contributed by atoms with E-state index >= 15 is 0 Å². The SMILES string of the molecule is C=CC(=O)Nc1cc(Nc2nccc(-c3cn(CCO)c4ccccc34)n2)c(OC(F)F)cc1N(C)CCN(C)C.CN(C)CCN(C)c1cc(OC(F)F)c(Nc2nccc(-c3cn(CCO)c4ccccc34)n2)cc1N. The van der Waals surface area contributed by atoms with Gasteiger partial charge in [0.1, 0.15) is 0 Å². The van der Waals surface area contributed by atoms with Crippen LogP contribution in [-0.2, 0) is 17.9 Å². The minimum atomic E-state index is -3.09. The molecule has 0 aliphatic carbocycles. The summed E-state index contributed by atoms with van der Waals surface area (Å²) in [5.74, 6) is -0.335. The van der Waals surface area contributed by atoms with Gasteiger partial charge in [0.05, 0.1) is 58.7 Å². The molecule has 0 aliphatic heterocycles. The number of nitrogens with two attached hydrogens (primary N) is 1. The van der Waals surface area contributed by atoms with Crippen molar-refractivity contribution in [3.63, 3.8) is 0 Å². The Kier molecular flexibility index (Phi) is 19.4. The Morgan fingerprint density at radius 2 is 1.10 bits per heavy atom. The number of likely N-dealkylation sites (N-methyl/N-ethyl adjacent to an activating group) is 4. The van der Waals surface area contributed by atoms with E-state index in [1.807, 2.05) is 125 Å². The first-order valence-electron chi connectivity index (χ1n) is 24.7. The number of nitrogens with one attached hydrogen (secondary N) is 3. The van der Waals surface area contributed by atoms with Crippen LogP contribution < -0.4 is 41.0 Å². The molecule has 412 valence electrons. The van der Waals surface area contributed by atoms with Crippen molar-refractivity contribution >= 4 is 73.7 Å². The number of para-hydroxylation sites is 2. The number of anilines is 8. The van der Waals surface area contributed by atoms with Gasteiger partial charge in [0, 0.05) is 123 Å². The number of benzene rings is 4. The highest BCUT2D eigenvalue weighted by Gasteiger charge is 2.22. The Morgan fingerprint density at radius 1 is 0.654 bits per heavy atom. The third-order valence-corrected chi connectivity index (χ3v) is 12.3. The molecular weight excluding hydrogens is 1010 g/mol. The molecule has 0 saturated carbocycles.